The van der Waals surface area contributed by atoms with Gasteiger partial charge in [-0.2, -0.15) is 0 Å². The molecule has 0 aromatic heterocycles. The minimum Gasteiger partial charge on any atom is -0.481 e. The first kappa shape index (κ1) is 21.0. The number of carboxylic acids is 2. The number of unbranched alkanes of at least 4 members (excludes halogenated alkanes) is 1. The van der Waals surface area contributed by atoms with E-state index in [0.29, 0.717) is 19.7 Å². The zero-order chi connectivity index (χ0) is 15.7. The van der Waals surface area contributed by atoms with Gasteiger partial charge in [-0.15, -0.1) is 0 Å². The number of aliphatic carboxylic acids is 2. The van der Waals surface area contributed by atoms with Crippen molar-refractivity contribution in [3.63, 3.8) is 0 Å². The second-order valence-corrected chi connectivity index (χ2v) is 15.9. The van der Waals surface area contributed by atoms with E-state index in [0.717, 1.165) is 0 Å². The van der Waals surface area contributed by atoms with Crippen molar-refractivity contribution in [3.8, 4) is 0 Å². The third kappa shape index (κ3) is 27.1. The van der Waals surface area contributed by atoms with Crippen LogP contribution in [0.25, 0.3) is 0 Å². The fraction of sp³-hybridized carbons (Fsp3) is 0.857. The van der Waals surface area contributed by atoms with E-state index in [-0.39, 0.29) is 34.0 Å². The molecular formula is C14H28O4Sn. The SMILES string of the molecule is C[C](C)(C)[Sn][C](C)(C)C.O=C(O)CCCCC(=O)O. The molecule has 0 aliphatic carbocycles. The molecular weight excluding hydrogens is 351 g/mol. The summed E-state index contributed by atoms with van der Waals surface area (Å²) >= 11 is -0.182. The van der Waals surface area contributed by atoms with Crippen molar-refractivity contribution < 1.29 is 19.8 Å². The van der Waals surface area contributed by atoms with Gasteiger partial charge in [-0.3, -0.25) is 9.59 Å². The van der Waals surface area contributed by atoms with Crippen molar-refractivity contribution in [2.45, 2.75) is 74.1 Å². The summed E-state index contributed by atoms with van der Waals surface area (Å²) in [5.74, 6) is -1.74. The molecule has 0 saturated heterocycles. The Bertz CT molecular complexity index is 246. The Morgan fingerprint density at radius 1 is 0.789 bits per heavy atom. The van der Waals surface area contributed by atoms with Crippen molar-refractivity contribution >= 4 is 33.1 Å². The van der Waals surface area contributed by atoms with Crippen LogP contribution in [0.15, 0.2) is 0 Å². The standard InChI is InChI=1S/C6H10O4.2C4H9.Sn/c7-5(8)3-1-2-4-6(9)10;2*1-4(2)3;/h1-4H2,(H,7,8)(H,9,10);2*1-3H3;. The topological polar surface area (TPSA) is 74.6 Å². The normalized spacial score (nSPS) is 11.5. The third-order valence-corrected chi connectivity index (χ3v) is 6.06. The van der Waals surface area contributed by atoms with Gasteiger partial charge < -0.3 is 10.2 Å². The Labute approximate surface area is 127 Å². The zero-order valence-electron chi connectivity index (χ0n) is 13.0. The number of hydrogen-bond acceptors (Lipinski definition) is 2. The van der Waals surface area contributed by atoms with Crippen LogP contribution in [0.1, 0.15) is 67.2 Å². The summed E-state index contributed by atoms with van der Waals surface area (Å²) in [4.78, 5) is 19.8. The van der Waals surface area contributed by atoms with Gasteiger partial charge in [0.2, 0.25) is 0 Å². The Balaban J connectivity index is 0. The molecule has 0 bridgehead atoms. The fourth-order valence-electron chi connectivity index (χ4n) is 1.68. The van der Waals surface area contributed by atoms with Crippen molar-refractivity contribution in [2.24, 2.45) is 0 Å². The van der Waals surface area contributed by atoms with Crippen molar-refractivity contribution in [3.05, 3.63) is 0 Å². The van der Waals surface area contributed by atoms with E-state index >= 15 is 0 Å². The molecule has 0 heterocycles. The Morgan fingerprint density at radius 3 is 1.16 bits per heavy atom. The molecule has 5 heteroatoms. The maximum atomic E-state index is 9.90. The largest absolute Gasteiger partial charge is 0.481 e. The second-order valence-electron chi connectivity index (χ2n) is 6.62. The molecule has 0 rings (SSSR count). The number of hydrogen-bond donors (Lipinski definition) is 2. The van der Waals surface area contributed by atoms with Crippen LogP contribution in [-0.2, 0) is 9.59 Å². The first-order valence-electron chi connectivity index (χ1n) is 6.56. The molecule has 2 N–H and O–H groups in total. The van der Waals surface area contributed by atoms with E-state index in [9.17, 15) is 9.59 Å². The average Bonchev–Trinajstić information content (AvgIpc) is 2.06. The maximum Gasteiger partial charge on any atom is 0.303 e. The Hall–Kier alpha value is -0.261. The van der Waals surface area contributed by atoms with Gasteiger partial charge in [-0.05, 0) is 12.8 Å². The van der Waals surface area contributed by atoms with Crippen LogP contribution in [0, 0.1) is 0 Å². The van der Waals surface area contributed by atoms with E-state index < -0.39 is 11.9 Å². The van der Waals surface area contributed by atoms with Crippen LogP contribution >= 0.6 is 0 Å². The van der Waals surface area contributed by atoms with Crippen LogP contribution in [0.2, 0.25) is 6.86 Å². The summed E-state index contributed by atoms with van der Waals surface area (Å²) in [5, 5.41) is 16.3. The number of carboxylic acid groups (broad SMARTS) is 2. The van der Waals surface area contributed by atoms with Crippen molar-refractivity contribution in [2.75, 3.05) is 0 Å². The molecule has 0 saturated carbocycles. The monoisotopic (exact) mass is 380 g/mol. The molecule has 0 aromatic carbocycles. The summed E-state index contributed by atoms with van der Waals surface area (Å²) < 4.78 is 1.31. The van der Waals surface area contributed by atoms with Gasteiger partial charge in [0.1, 0.15) is 0 Å². The summed E-state index contributed by atoms with van der Waals surface area (Å²) in [5.41, 5.74) is 0. The van der Waals surface area contributed by atoms with Crippen LogP contribution in [0.4, 0.5) is 0 Å². The Morgan fingerprint density at radius 2 is 1.05 bits per heavy atom. The van der Waals surface area contributed by atoms with Crippen molar-refractivity contribution in [1.82, 2.24) is 0 Å². The minimum atomic E-state index is -0.870. The smallest absolute Gasteiger partial charge is 0.303 e. The van der Waals surface area contributed by atoms with Crippen LogP contribution in [0.3, 0.4) is 0 Å². The minimum absolute atomic E-state index is 0.0628. The quantitative estimate of drug-likeness (QED) is 0.562. The first-order chi connectivity index (χ1) is 8.33. The van der Waals surface area contributed by atoms with E-state index in [2.05, 4.69) is 41.5 Å². The van der Waals surface area contributed by atoms with Gasteiger partial charge in [-0.25, -0.2) is 0 Å². The molecule has 4 nitrogen and oxygen atoms in total. The molecule has 0 aromatic rings. The van der Waals surface area contributed by atoms with E-state index in [4.69, 9.17) is 10.2 Å². The Kier molecular flexibility index (Phi) is 10.6. The molecule has 0 fully saturated rings. The van der Waals surface area contributed by atoms with Gasteiger partial charge in [0.05, 0.1) is 0 Å². The first-order valence-corrected chi connectivity index (χ1v) is 9.42. The summed E-state index contributed by atoms with van der Waals surface area (Å²) in [6.45, 7) is 14.2. The van der Waals surface area contributed by atoms with Crippen molar-refractivity contribution in [1.29, 1.82) is 0 Å². The van der Waals surface area contributed by atoms with E-state index in [1.807, 2.05) is 0 Å². The van der Waals surface area contributed by atoms with Crippen LogP contribution < -0.4 is 0 Å². The van der Waals surface area contributed by atoms with Gasteiger partial charge in [0, 0.05) is 12.8 Å². The summed E-state index contributed by atoms with van der Waals surface area (Å²) in [7, 11) is 0. The predicted octanol–water partition coefficient (Wildman–Crippen LogP) is 3.84. The third-order valence-electron chi connectivity index (χ3n) is 1.78. The second kappa shape index (κ2) is 9.61. The average molecular weight is 379 g/mol. The maximum absolute atomic E-state index is 9.90. The molecule has 0 aliphatic rings. The molecule has 0 atom stereocenters. The number of carbonyl (C=O) groups is 2. The molecule has 0 spiro atoms. The molecule has 2 radical (unpaired) electrons. The molecule has 0 unspecified atom stereocenters. The molecule has 0 aliphatic heterocycles. The molecule has 112 valence electrons. The van der Waals surface area contributed by atoms with Crippen LogP contribution in [-0.4, -0.2) is 43.3 Å². The van der Waals surface area contributed by atoms with Gasteiger partial charge in [0.15, 0.2) is 0 Å². The molecule has 0 amide bonds. The number of rotatable bonds is 5. The zero-order valence-corrected chi connectivity index (χ0v) is 15.9. The van der Waals surface area contributed by atoms with Gasteiger partial charge in [0.25, 0.3) is 0 Å². The van der Waals surface area contributed by atoms with E-state index in [1.54, 1.807) is 0 Å². The van der Waals surface area contributed by atoms with Crippen LogP contribution in [0.5, 0.6) is 0 Å². The molecule has 19 heavy (non-hydrogen) atoms. The van der Waals surface area contributed by atoms with Gasteiger partial charge in [-0.1, -0.05) is 0 Å². The van der Waals surface area contributed by atoms with Gasteiger partial charge >= 0.3 is 81.5 Å². The summed E-state index contributed by atoms with van der Waals surface area (Å²) in [6, 6.07) is 0. The fourth-order valence-corrected chi connectivity index (χ4v) is 8.10. The predicted molar refractivity (Wildman–Crippen MR) is 78.9 cm³/mol. The summed E-state index contributed by atoms with van der Waals surface area (Å²) in [6.07, 6.45) is 1.02. The van der Waals surface area contributed by atoms with E-state index in [1.165, 1.54) is 0 Å².